The zero-order valence-electron chi connectivity index (χ0n) is 31.4. The average Bonchev–Trinajstić information content (AvgIpc) is 3.62. The van der Waals surface area contributed by atoms with E-state index < -0.39 is 47.1 Å². The van der Waals surface area contributed by atoms with Crippen molar-refractivity contribution in [3.8, 4) is 11.1 Å². The van der Waals surface area contributed by atoms with Crippen LogP contribution in [0, 0.1) is 23.0 Å². The molecule has 13 heteroatoms. The summed E-state index contributed by atoms with van der Waals surface area (Å²) in [4.78, 5) is 66.3. The van der Waals surface area contributed by atoms with Crippen molar-refractivity contribution in [3.63, 3.8) is 0 Å². The van der Waals surface area contributed by atoms with E-state index in [2.05, 4.69) is 5.32 Å². The van der Waals surface area contributed by atoms with Gasteiger partial charge >= 0.3 is 0 Å². The molecule has 11 nitrogen and oxygen atoms in total. The van der Waals surface area contributed by atoms with Gasteiger partial charge in [-0.15, -0.1) is 0 Å². The van der Waals surface area contributed by atoms with Gasteiger partial charge in [-0.3, -0.25) is 28.9 Å². The topological polar surface area (TPSA) is 144 Å². The summed E-state index contributed by atoms with van der Waals surface area (Å²) in [6.45, 7) is 9.53. The number of nitrogens with two attached hydrogens (primary N) is 1. The number of amides is 4. The van der Waals surface area contributed by atoms with Crippen LogP contribution in [0.15, 0.2) is 60.8 Å². The molecule has 4 amide bonds. The maximum absolute atomic E-state index is 15.1. The molecule has 1 fully saturated rings. The number of ketones is 1. The van der Waals surface area contributed by atoms with Crippen LogP contribution >= 0.6 is 0 Å². The number of hydrogen-bond acceptors (Lipinski definition) is 7. The van der Waals surface area contributed by atoms with Gasteiger partial charge in [0.1, 0.15) is 17.7 Å². The third-order valence-corrected chi connectivity index (χ3v) is 9.51. The van der Waals surface area contributed by atoms with E-state index in [0.29, 0.717) is 17.8 Å². The lowest BCUT2D eigenvalue weighted by Gasteiger charge is -2.42. The number of nitrogens with zero attached hydrogens (tertiary/aromatic N) is 3. The van der Waals surface area contributed by atoms with Crippen molar-refractivity contribution in [2.24, 2.45) is 17.1 Å². The zero-order valence-corrected chi connectivity index (χ0v) is 31.4. The molecule has 0 bridgehead atoms. The molecule has 2 heterocycles. The summed E-state index contributed by atoms with van der Waals surface area (Å²) in [6, 6.07) is 13.1. The first-order valence-corrected chi connectivity index (χ1v) is 17.9. The van der Waals surface area contributed by atoms with Gasteiger partial charge in [0.15, 0.2) is 5.78 Å². The van der Waals surface area contributed by atoms with E-state index in [9.17, 15) is 28.4 Å². The molecule has 53 heavy (non-hydrogen) atoms. The van der Waals surface area contributed by atoms with Crippen molar-refractivity contribution in [1.29, 1.82) is 0 Å². The van der Waals surface area contributed by atoms with Crippen LogP contribution in [0.3, 0.4) is 0 Å². The van der Waals surface area contributed by atoms with Crippen LogP contribution in [0.2, 0.25) is 0 Å². The summed E-state index contributed by atoms with van der Waals surface area (Å²) in [7, 11) is 1.43. The molecule has 0 saturated carbocycles. The first-order chi connectivity index (χ1) is 25.0. The highest BCUT2D eigenvalue weighted by Gasteiger charge is 2.39. The van der Waals surface area contributed by atoms with Gasteiger partial charge < -0.3 is 25.3 Å². The van der Waals surface area contributed by atoms with E-state index >= 15 is 4.39 Å². The molecule has 4 atom stereocenters. The van der Waals surface area contributed by atoms with Crippen LogP contribution in [0.4, 0.5) is 8.78 Å². The number of methoxy groups -OCH3 is 1. The summed E-state index contributed by atoms with van der Waals surface area (Å²) in [5.74, 6) is -3.40. The second-order valence-electron chi connectivity index (χ2n) is 14.8. The van der Waals surface area contributed by atoms with E-state index in [4.69, 9.17) is 10.5 Å². The second-order valence-corrected chi connectivity index (χ2v) is 14.8. The third kappa shape index (κ3) is 10.4. The summed E-state index contributed by atoms with van der Waals surface area (Å²) in [5.41, 5.74) is 7.90. The first kappa shape index (κ1) is 41.0. The van der Waals surface area contributed by atoms with E-state index in [0.717, 1.165) is 28.7 Å². The van der Waals surface area contributed by atoms with Crippen LogP contribution < -0.4 is 11.1 Å². The normalized spacial score (nSPS) is 16.4. The third-order valence-electron chi connectivity index (χ3n) is 9.51. The van der Waals surface area contributed by atoms with Gasteiger partial charge in [-0.2, -0.15) is 0 Å². The Kier molecular flexibility index (Phi) is 13.8. The Morgan fingerprint density at radius 3 is 2.40 bits per heavy atom. The van der Waals surface area contributed by atoms with E-state index in [1.165, 1.54) is 7.11 Å². The van der Waals surface area contributed by atoms with Gasteiger partial charge in [-0.05, 0) is 55.0 Å². The fourth-order valence-corrected chi connectivity index (χ4v) is 6.62. The number of rotatable bonds is 17. The first-order valence-electron chi connectivity index (χ1n) is 17.9. The average molecular weight is 736 g/mol. The molecule has 286 valence electrons. The fourth-order valence-electron chi connectivity index (χ4n) is 6.62. The molecule has 1 unspecified atom stereocenters. The lowest BCUT2D eigenvalue weighted by molar-refractivity contribution is -0.147. The van der Waals surface area contributed by atoms with Gasteiger partial charge in [0.05, 0.1) is 18.6 Å². The molecule has 0 spiro atoms. The molecule has 3 N–H and O–H groups in total. The molecule has 1 aliphatic rings. The van der Waals surface area contributed by atoms with E-state index in [1.54, 1.807) is 31.0 Å². The monoisotopic (exact) mass is 735 g/mol. The second kappa shape index (κ2) is 17.8. The van der Waals surface area contributed by atoms with Crippen LogP contribution in [0.25, 0.3) is 11.1 Å². The number of ether oxygens (including phenoxy) is 1. The number of hydrogen-bond donors (Lipinski definition) is 2. The molecule has 3 aromatic rings. The predicted molar refractivity (Wildman–Crippen MR) is 196 cm³/mol. The molecular formula is C40H51F2N5O6. The van der Waals surface area contributed by atoms with Crippen molar-refractivity contribution >= 4 is 29.4 Å². The van der Waals surface area contributed by atoms with Gasteiger partial charge in [-0.25, -0.2) is 8.78 Å². The molecule has 2 aromatic carbocycles. The SMILES string of the molecule is CO[C@@H](C)C(=O)N(CC[C@H](N)C(=O)NCCCC(=O)CN1C(=O)CC(C)C1=O)[C@@H](c1cc(-c2cc(F)ccc2F)cn1Cc1ccccc1)C(C)(C)C. The van der Waals surface area contributed by atoms with Gasteiger partial charge in [0, 0.05) is 68.5 Å². The van der Waals surface area contributed by atoms with Crippen molar-refractivity contribution in [2.75, 3.05) is 26.7 Å². The van der Waals surface area contributed by atoms with Gasteiger partial charge in [-0.1, -0.05) is 58.0 Å². The summed E-state index contributed by atoms with van der Waals surface area (Å²) < 4.78 is 36.9. The lowest BCUT2D eigenvalue weighted by atomic mass is 9.82. The Labute approximate surface area is 309 Å². The highest BCUT2D eigenvalue weighted by Crippen LogP contribution is 2.41. The smallest absolute Gasteiger partial charge is 0.251 e. The lowest BCUT2D eigenvalue weighted by Crippen LogP contribution is -2.49. The largest absolute Gasteiger partial charge is 0.372 e. The summed E-state index contributed by atoms with van der Waals surface area (Å²) in [6.07, 6.45) is 1.46. The van der Waals surface area contributed by atoms with Crippen molar-refractivity contribution in [3.05, 3.63) is 83.7 Å². The molecular weight excluding hydrogens is 684 g/mol. The Balaban J connectivity index is 1.54. The van der Waals surface area contributed by atoms with Crippen molar-refractivity contribution < 1.29 is 37.5 Å². The minimum absolute atomic E-state index is 0.0650. The van der Waals surface area contributed by atoms with Crippen LogP contribution in [-0.2, 0) is 35.3 Å². The Morgan fingerprint density at radius 1 is 1.08 bits per heavy atom. The molecule has 0 radical (unpaired) electrons. The number of carbonyl (C=O) groups is 5. The zero-order chi connectivity index (χ0) is 39.0. The van der Waals surface area contributed by atoms with Crippen LogP contribution in [0.5, 0.6) is 0 Å². The number of aromatic nitrogens is 1. The van der Waals surface area contributed by atoms with Crippen LogP contribution in [-0.4, -0.2) is 82.7 Å². The predicted octanol–water partition coefficient (Wildman–Crippen LogP) is 5.01. The number of benzene rings is 2. The Bertz CT molecular complexity index is 1790. The van der Waals surface area contributed by atoms with E-state index in [1.807, 2.05) is 55.7 Å². The number of nitrogens with one attached hydrogen (secondary N) is 1. The Morgan fingerprint density at radius 2 is 1.77 bits per heavy atom. The molecule has 1 aromatic heterocycles. The maximum Gasteiger partial charge on any atom is 0.251 e. The molecule has 1 aliphatic heterocycles. The quantitative estimate of drug-likeness (QED) is 0.147. The molecule has 0 aliphatic carbocycles. The van der Waals surface area contributed by atoms with Crippen molar-refractivity contribution in [1.82, 2.24) is 19.7 Å². The minimum Gasteiger partial charge on any atom is -0.372 e. The van der Waals surface area contributed by atoms with Gasteiger partial charge in [0.2, 0.25) is 17.7 Å². The highest BCUT2D eigenvalue weighted by molar-refractivity contribution is 6.05. The van der Waals surface area contributed by atoms with Gasteiger partial charge in [0.25, 0.3) is 5.91 Å². The summed E-state index contributed by atoms with van der Waals surface area (Å²) >= 11 is 0. The minimum atomic E-state index is -1.01. The van der Waals surface area contributed by atoms with Crippen molar-refractivity contribution in [2.45, 2.75) is 85.0 Å². The molecule has 1 saturated heterocycles. The number of carbonyl (C=O) groups excluding carboxylic acids is 5. The molecule has 4 rings (SSSR count). The number of imide groups is 1. The maximum atomic E-state index is 15.1. The number of halogens is 2. The summed E-state index contributed by atoms with van der Waals surface area (Å²) in [5, 5.41) is 2.74. The number of Topliss-reactive ketones (excluding diaryl/α,β-unsaturated/α-hetero) is 1. The van der Waals surface area contributed by atoms with Crippen LogP contribution in [0.1, 0.15) is 77.6 Å². The Hall–Kier alpha value is -4.75. The van der Waals surface area contributed by atoms with E-state index in [-0.39, 0.29) is 74.4 Å². The fraction of sp³-hybridized carbons (Fsp3) is 0.475. The highest BCUT2D eigenvalue weighted by atomic mass is 19.1. The number of likely N-dealkylation sites (tertiary alicyclic amines) is 1. The standard InChI is InChI=1S/C40H51F2N5O6/c1-25-19-35(49)47(38(25)51)24-30(48)13-10-17-44-37(50)33(43)16-18-46(39(52)26(2)53-6)36(40(3,4)5)34-20-28(31-21-29(41)14-15-32(31)42)23-45(34)22-27-11-8-7-9-12-27/h7-9,11-12,14-15,20-21,23,25-26,33,36H,10,13,16-19,22,24,43H2,1-6H3,(H,44,50)/t25?,26-,33-,36-/m0/s1.